The van der Waals surface area contributed by atoms with Crippen molar-refractivity contribution in [1.82, 2.24) is 14.6 Å². The summed E-state index contributed by atoms with van der Waals surface area (Å²) >= 11 is 0. The van der Waals surface area contributed by atoms with Gasteiger partial charge < -0.3 is 14.9 Å². The molecule has 2 N–H and O–H groups in total. The number of nitrogens with zero attached hydrogens (tertiary/aromatic N) is 3. The number of rotatable bonds is 7. The van der Waals surface area contributed by atoms with Crippen molar-refractivity contribution in [2.75, 3.05) is 50.8 Å². The van der Waals surface area contributed by atoms with Crippen LogP contribution in [0.4, 0.5) is 5.82 Å². The molecule has 0 bridgehead atoms. The van der Waals surface area contributed by atoms with Gasteiger partial charge >= 0.3 is 0 Å². The third-order valence-corrected chi connectivity index (χ3v) is 7.18. The zero-order chi connectivity index (χ0) is 21.8. The van der Waals surface area contributed by atoms with Crippen LogP contribution in [0.15, 0.2) is 59.5 Å². The highest BCUT2D eigenvalue weighted by atomic mass is 32.2. The number of piperazine rings is 1. The Morgan fingerprint density at radius 2 is 1.72 bits per heavy atom. The van der Waals surface area contributed by atoms with Gasteiger partial charge in [-0.15, -0.1) is 0 Å². The van der Waals surface area contributed by atoms with Crippen LogP contribution in [0.1, 0.15) is 14.4 Å². The van der Waals surface area contributed by atoms with E-state index in [1.54, 1.807) is 24.3 Å². The van der Waals surface area contributed by atoms with E-state index in [-0.39, 0.29) is 25.5 Å². The lowest BCUT2D eigenvalue weighted by atomic mass is 10.1. The van der Waals surface area contributed by atoms with Gasteiger partial charge in [0.05, 0.1) is 17.2 Å². The number of aliphatic hydroxyl groups is 1. The van der Waals surface area contributed by atoms with Crippen molar-refractivity contribution in [3.63, 3.8) is 0 Å². The van der Waals surface area contributed by atoms with Crippen molar-refractivity contribution in [3.05, 3.63) is 54.6 Å². The summed E-state index contributed by atoms with van der Waals surface area (Å²) in [6.07, 6.45) is 0. The number of aliphatic hydroxyl groups excluding tert-OH is 1. The molecule has 32 heavy (non-hydrogen) atoms. The summed E-state index contributed by atoms with van der Waals surface area (Å²) in [7, 11) is -3.63. The molecule has 1 fully saturated rings. The molecule has 0 aliphatic carbocycles. The van der Waals surface area contributed by atoms with Crippen molar-refractivity contribution in [2.24, 2.45) is 0 Å². The molecule has 7 nitrogen and oxygen atoms in total. The van der Waals surface area contributed by atoms with E-state index in [4.69, 9.17) is 10.1 Å². The van der Waals surface area contributed by atoms with E-state index in [9.17, 15) is 8.42 Å². The molecule has 0 amide bonds. The van der Waals surface area contributed by atoms with Crippen LogP contribution in [0.2, 0.25) is 0 Å². The molecule has 1 aliphatic heterocycles. The second-order valence-electron chi connectivity index (χ2n) is 7.62. The van der Waals surface area contributed by atoms with Gasteiger partial charge in [-0.2, -0.15) is 0 Å². The average Bonchev–Trinajstić information content (AvgIpc) is 2.82. The lowest BCUT2D eigenvalue weighted by molar-refractivity contribution is 0.271. The Hall–Kier alpha value is -2.52. The van der Waals surface area contributed by atoms with E-state index in [0.717, 1.165) is 60.6 Å². The summed E-state index contributed by atoms with van der Waals surface area (Å²) < 4.78 is 26.9. The molecule has 0 unspecified atom stereocenters. The summed E-state index contributed by atoms with van der Waals surface area (Å²) in [5.41, 5.74) is 1.68. The van der Waals surface area contributed by atoms with E-state index in [2.05, 4.69) is 39.6 Å². The summed E-state index contributed by atoms with van der Waals surface area (Å²) in [5, 5.41) is 11.1. The largest absolute Gasteiger partial charge is 0.395 e. The van der Waals surface area contributed by atoms with Gasteiger partial charge in [0.2, 0.25) is 10.0 Å². The third-order valence-electron chi connectivity index (χ3n) is 5.70. The van der Waals surface area contributed by atoms with Crippen molar-refractivity contribution < 1.29 is 13.5 Å². The molecule has 2 aromatic carbocycles. The molecule has 1 saturated heterocycles. The van der Waals surface area contributed by atoms with Gasteiger partial charge in [-0.25, -0.2) is 18.1 Å². The predicted octanol–water partition coefficient (Wildman–Crippen LogP) is 2.95. The first-order chi connectivity index (χ1) is 15.0. The number of likely N-dealkylation sites (N-methyl/N-ethyl adjacent to an activating group) is 1. The van der Waals surface area contributed by atoms with Crippen LogP contribution >= 0.6 is 0 Å². The number of hydrogen-bond acceptors (Lipinski definition) is 6. The fourth-order valence-corrected chi connectivity index (χ4v) is 4.93. The van der Waals surface area contributed by atoms with E-state index in [1.165, 1.54) is 0 Å². The Bertz CT molecular complexity index is 1140. The van der Waals surface area contributed by atoms with Crippen LogP contribution < -0.4 is 9.62 Å². The second-order valence-corrected chi connectivity index (χ2v) is 9.39. The molecule has 4 rings (SSSR count). The number of sulfonamides is 1. The second kappa shape index (κ2) is 10.4. The van der Waals surface area contributed by atoms with Gasteiger partial charge in [-0.3, -0.25) is 0 Å². The number of pyridine rings is 1. The van der Waals surface area contributed by atoms with Gasteiger partial charge in [0.1, 0.15) is 5.82 Å². The zero-order valence-electron chi connectivity index (χ0n) is 17.7. The first-order valence-electron chi connectivity index (χ1n) is 10.6. The van der Waals surface area contributed by atoms with E-state index in [0.29, 0.717) is 0 Å². The summed E-state index contributed by atoms with van der Waals surface area (Å²) in [5.74, 6) is 0.977. The fourth-order valence-electron chi connectivity index (χ4n) is 3.91. The predicted molar refractivity (Wildman–Crippen MR) is 131 cm³/mol. The van der Waals surface area contributed by atoms with Crippen molar-refractivity contribution in [1.29, 1.82) is 0 Å². The van der Waals surface area contributed by atoms with Gasteiger partial charge in [-0.1, -0.05) is 50.7 Å². The van der Waals surface area contributed by atoms with Crippen LogP contribution in [0.25, 0.3) is 22.0 Å². The first-order valence-corrected chi connectivity index (χ1v) is 12.1. The number of hydrogen-bond donors (Lipinski definition) is 2. The van der Waals surface area contributed by atoms with Gasteiger partial charge in [-0.05, 0) is 30.1 Å². The molecule has 172 valence electrons. The van der Waals surface area contributed by atoms with E-state index >= 15 is 0 Å². The lowest BCUT2D eigenvalue weighted by Crippen LogP contribution is -2.46. The maximum absolute atomic E-state index is 12.3. The minimum atomic E-state index is -3.63. The Morgan fingerprint density at radius 1 is 1.03 bits per heavy atom. The normalized spacial score (nSPS) is 15.0. The van der Waals surface area contributed by atoms with Crippen molar-refractivity contribution in [2.45, 2.75) is 19.2 Å². The molecule has 8 heteroatoms. The highest BCUT2D eigenvalue weighted by molar-refractivity contribution is 7.89. The minimum Gasteiger partial charge on any atom is -0.395 e. The highest BCUT2D eigenvalue weighted by Gasteiger charge is 2.20. The number of fused-ring (bicyclic) bond motifs is 1. The molecule has 2 heterocycles. The smallest absolute Gasteiger partial charge is 0.240 e. The van der Waals surface area contributed by atoms with Gasteiger partial charge in [0.25, 0.3) is 0 Å². The molecule has 0 spiro atoms. The SMILES string of the molecule is C.CCN1CCN(c2nc(-c3ccc(S(=O)(=O)NCCO)cc3)cc3ccccc23)CC1. The van der Waals surface area contributed by atoms with E-state index in [1.807, 2.05) is 12.1 Å². The molecular weight excluding hydrogens is 424 g/mol. The molecule has 3 aromatic rings. The zero-order valence-corrected chi connectivity index (χ0v) is 18.5. The maximum Gasteiger partial charge on any atom is 0.240 e. The molecule has 0 radical (unpaired) electrons. The van der Waals surface area contributed by atoms with Crippen LogP contribution in [-0.2, 0) is 10.0 Å². The molecule has 0 atom stereocenters. The summed E-state index contributed by atoms with van der Waals surface area (Å²) in [6, 6.07) is 17.0. The molecule has 1 aliphatic rings. The number of nitrogens with one attached hydrogen (secondary N) is 1. The fraction of sp³-hybridized carbons (Fsp3) is 0.375. The Labute approximate surface area is 190 Å². The molecular formula is C24H32N4O3S. The van der Waals surface area contributed by atoms with Crippen LogP contribution in [0.5, 0.6) is 0 Å². The van der Waals surface area contributed by atoms with Crippen LogP contribution in [-0.4, -0.2) is 69.3 Å². The minimum absolute atomic E-state index is 0. The standard InChI is InChI=1S/C23H28N4O3S.CH4/c1-2-26-12-14-27(15-13-26)23-21-6-4-3-5-19(21)17-22(25-23)18-7-9-20(10-8-18)31(29,30)24-11-16-28;/h3-10,17,24,28H,2,11-16H2,1H3;1H4. The molecule has 0 saturated carbocycles. The van der Waals surface area contributed by atoms with Crippen LogP contribution in [0.3, 0.4) is 0 Å². The van der Waals surface area contributed by atoms with Gasteiger partial charge in [0.15, 0.2) is 0 Å². The quantitative estimate of drug-likeness (QED) is 0.569. The highest BCUT2D eigenvalue weighted by Crippen LogP contribution is 2.31. The topological polar surface area (TPSA) is 85.8 Å². The number of benzene rings is 2. The summed E-state index contributed by atoms with van der Waals surface area (Å²) in [6.45, 7) is 6.90. The van der Waals surface area contributed by atoms with Crippen molar-refractivity contribution >= 4 is 26.6 Å². The third kappa shape index (κ3) is 5.10. The van der Waals surface area contributed by atoms with Crippen LogP contribution in [0, 0.1) is 0 Å². The molecule has 1 aromatic heterocycles. The Kier molecular flexibility index (Phi) is 7.84. The Morgan fingerprint density at radius 3 is 2.38 bits per heavy atom. The average molecular weight is 457 g/mol. The number of anilines is 1. The Balaban J connectivity index is 0.00000289. The monoisotopic (exact) mass is 456 g/mol. The lowest BCUT2D eigenvalue weighted by Gasteiger charge is -2.35. The van der Waals surface area contributed by atoms with Gasteiger partial charge in [0, 0.05) is 43.7 Å². The first kappa shape index (κ1) is 24.1. The van der Waals surface area contributed by atoms with Crippen molar-refractivity contribution in [3.8, 4) is 11.3 Å². The number of aromatic nitrogens is 1. The maximum atomic E-state index is 12.3. The van der Waals surface area contributed by atoms with E-state index < -0.39 is 10.0 Å². The summed E-state index contributed by atoms with van der Waals surface area (Å²) in [4.78, 5) is 9.94.